The fraction of sp³-hybridized carbons (Fsp3) is 1.00. The fourth-order valence-corrected chi connectivity index (χ4v) is 2.37. The number of β-amino-alcohol motifs (C(OH)–C–C–N with tert-alkyl or cyclic N) is 1. The van der Waals surface area contributed by atoms with E-state index in [1.54, 1.807) is 0 Å². The number of aliphatic hydroxyl groups is 1. The van der Waals surface area contributed by atoms with Crippen molar-refractivity contribution in [3.63, 3.8) is 0 Å². The van der Waals surface area contributed by atoms with Crippen LogP contribution in [-0.4, -0.2) is 41.1 Å². The van der Waals surface area contributed by atoms with Gasteiger partial charge < -0.3 is 10.0 Å². The van der Waals surface area contributed by atoms with Crippen molar-refractivity contribution in [2.75, 3.05) is 25.0 Å². The molecule has 0 aliphatic carbocycles. The van der Waals surface area contributed by atoms with Gasteiger partial charge in [-0.2, -0.15) is 0 Å². The standard InChI is InChI=1S/C11H22BrNO/c1-2-10-4-3-6-13(7-5-10)9-11(14)8-12/h10-11,14H,2-9H2,1H3. The van der Waals surface area contributed by atoms with Crippen molar-refractivity contribution in [3.05, 3.63) is 0 Å². The molecule has 2 atom stereocenters. The summed E-state index contributed by atoms with van der Waals surface area (Å²) in [6.07, 6.45) is 5.10. The van der Waals surface area contributed by atoms with Gasteiger partial charge in [-0.1, -0.05) is 29.3 Å². The maximum absolute atomic E-state index is 9.54. The third-order valence-corrected chi connectivity index (χ3v) is 3.91. The predicted molar refractivity (Wildman–Crippen MR) is 63.9 cm³/mol. The normalized spacial score (nSPS) is 27.2. The molecule has 3 heteroatoms. The van der Waals surface area contributed by atoms with Gasteiger partial charge in [-0.05, 0) is 38.3 Å². The van der Waals surface area contributed by atoms with Crippen LogP contribution in [0.15, 0.2) is 0 Å². The minimum absolute atomic E-state index is 0.201. The van der Waals surface area contributed by atoms with Gasteiger partial charge >= 0.3 is 0 Å². The number of hydrogen-bond donors (Lipinski definition) is 1. The van der Waals surface area contributed by atoms with E-state index in [1.807, 2.05) is 0 Å². The summed E-state index contributed by atoms with van der Waals surface area (Å²) in [6.45, 7) is 5.46. The van der Waals surface area contributed by atoms with Crippen LogP contribution in [0.4, 0.5) is 0 Å². The van der Waals surface area contributed by atoms with Crippen LogP contribution in [0.5, 0.6) is 0 Å². The smallest absolute Gasteiger partial charge is 0.0763 e. The van der Waals surface area contributed by atoms with Crippen molar-refractivity contribution < 1.29 is 5.11 Å². The molecule has 0 aromatic carbocycles. The predicted octanol–water partition coefficient (Wildman–Crippen LogP) is 2.25. The van der Waals surface area contributed by atoms with E-state index in [2.05, 4.69) is 27.8 Å². The first-order valence-corrected chi connectivity index (χ1v) is 6.84. The Hall–Kier alpha value is 0.400. The second kappa shape index (κ2) is 6.81. The average molecular weight is 264 g/mol. The lowest BCUT2D eigenvalue weighted by Gasteiger charge is -2.22. The Morgan fingerprint density at radius 1 is 1.43 bits per heavy atom. The minimum atomic E-state index is -0.201. The molecule has 0 saturated carbocycles. The van der Waals surface area contributed by atoms with Crippen LogP contribution in [-0.2, 0) is 0 Å². The Balaban J connectivity index is 2.27. The van der Waals surface area contributed by atoms with Gasteiger partial charge in [0.2, 0.25) is 0 Å². The van der Waals surface area contributed by atoms with Gasteiger partial charge in [-0.25, -0.2) is 0 Å². The number of nitrogens with zero attached hydrogens (tertiary/aromatic N) is 1. The lowest BCUT2D eigenvalue weighted by atomic mass is 9.98. The van der Waals surface area contributed by atoms with Crippen molar-refractivity contribution in [2.45, 2.75) is 38.7 Å². The van der Waals surface area contributed by atoms with Crippen LogP contribution >= 0.6 is 15.9 Å². The van der Waals surface area contributed by atoms with Crippen LogP contribution in [0.3, 0.4) is 0 Å². The molecule has 0 radical (unpaired) electrons. The van der Waals surface area contributed by atoms with E-state index < -0.39 is 0 Å². The molecule has 14 heavy (non-hydrogen) atoms. The third-order valence-electron chi connectivity index (χ3n) is 3.16. The number of rotatable bonds is 4. The molecule has 0 bridgehead atoms. The molecular formula is C11H22BrNO. The summed E-state index contributed by atoms with van der Waals surface area (Å²) in [5, 5.41) is 10.2. The van der Waals surface area contributed by atoms with Gasteiger partial charge in [0.1, 0.15) is 0 Å². The number of aliphatic hydroxyl groups excluding tert-OH is 1. The number of likely N-dealkylation sites (tertiary alicyclic amines) is 1. The van der Waals surface area contributed by atoms with Crippen LogP contribution in [0.1, 0.15) is 32.6 Å². The van der Waals surface area contributed by atoms with E-state index >= 15 is 0 Å². The van der Waals surface area contributed by atoms with Crippen LogP contribution in [0.25, 0.3) is 0 Å². The highest BCUT2D eigenvalue weighted by Crippen LogP contribution is 2.20. The maximum atomic E-state index is 9.54. The Kier molecular flexibility index (Phi) is 6.06. The first-order chi connectivity index (χ1) is 6.76. The summed E-state index contributed by atoms with van der Waals surface area (Å²) in [5.74, 6) is 0.918. The number of alkyl halides is 1. The van der Waals surface area contributed by atoms with Gasteiger partial charge in [-0.15, -0.1) is 0 Å². The molecule has 0 aromatic heterocycles. The SMILES string of the molecule is CCC1CCCN(CC(O)CBr)CC1. The highest BCUT2D eigenvalue weighted by Gasteiger charge is 2.17. The van der Waals surface area contributed by atoms with Gasteiger partial charge in [0.15, 0.2) is 0 Å². The van der Waals surface area contributed by atoms with E-state index in [1.165, 1.54) is 38.8 Å². The molecule has 2 unspecified atom stereocenters. The maximum Gasteiger partial charge on any atom is 0.0763 e. The molecule has 1 rings (SSSR count). The summed E-state index contributed by atoms with van der Waals surface area (Å²) in [6, 6.07) is 0. The van der Waals surface area contributed by atoms with Crippen molar-refractivity contribution in [3.8, 4) is 0 Å². The summed E-state index contributed by atoms with van der Waals surface area (Å²) in [5.41, 5.74) is 0. The summed E-state index contributed by atoms with van der Waals surface area (Å²) < 4.78 is 0. The van der Waals surface area contributed by atoms with E-state index in [4.69, 9.17) is 0 Å². The van der Waals surface area contributed by atoms with Gasteiger partial charge in [0, 0.05) is 11.9 Å². The highest BCUT2D eigenvalue weighted by molar-refractivity contribution is 9.09. The third kappa shape index (κ3) is 4.28. The second-order valence-corrected chi connectivity index (χ2v) is 4.96. The number of halogens is 1. The van der Waals surface area contributed by atoms with E-state index in [0.717, 1.165) is 12.5 Å². The van der Waals surface area contributed by atoms with Crippen molar-refractivity contribution >= 4 is 15.9 Å². The Bertz CT molecular complexity index is 154. The molecule has 2 nitrogen and oxygen atoms in total. The number of hydrogen-bond acceptors (Lipinski definition) is 2. The molecule has 84 valence electrons. The Labute approximate surface area is 95.8 Å². The van der Waals surface area contributed by atoms with Gasteiger partial charge in [-0.3, -0.25) is 0 Å². The first-order valence-electron chi connectivity index (χ1n) is 5.72. The summed E-state index contributed by atoms with van der Waals surface area (Å²) >= 11 is 3.31. The largest absolute Gasteiger partial charge is 0.391 e. The van der Waals surface area contributed by atoms with Crippen LogP contribution < -0.4 is 0 Å². The Morgan fingerprint density at radius 2 is 2.21 bits per heavy atom. The van der Waals surface area contributed by atoms with Gasteiger partial charge in [0.25, 0.3) is 0 Å². The lowest BCUT2D eigenvalue weighted by Crippen LogP contribution is -2.34. The zero-order valence-corrected chi connectivity index (χ0v) is 10.7. The lowest BCUT2D eigenvalue weighted by molar-refractivity contribution is 0.132. The molecule has 1 aliphatic rings. The molecule has 1 aliphatic heterocycles. The molecule has 0 amide bonds. The zero-order chi connectivity index (χ0) is 10.4. The van der Waals surface area contributed by atoms with Crippen molar-refractivity contribution in [1.82, 2.24) is 4.90 Å². The first kappa shape index (κ1) is 12.5. The molecule has 1 N–H and O–H groups in total. The quantitative estimate of drug-likeness (QED) is 0.787. The zero-order valence-electron chi connectivity index (χ0n) is 9.08. The average Bonchev–Trinajstić information content (AvgIpc) is 2.43. The van der Waals surface area contributed by atoms with E-state index in [-0.39, 0.29) is 6.10 Å². The van der Waals surface area contributed by atoms with Gasteiger partial charge in [0.05, 0.1) is 6.10 Å². The summed E-state index contributed by atoms with van der Waals surface area (Å²) in [4.78, 5) is 2.40. The topological polar surface area (TPSA) is 23.5 Å². The van der Waals surface area contributed by atoms with Crippen molar-refractivity contribution in [2.24, 2.45) is 5.92 Å². The monoisotopic (exact) mass is 263 g/mol. The molecule has 1 saturated heterocycles. The second-order valence-electron chi connectivity index (χ2n) is 4.31. The molecule has 1 fully saturated rings. The fourth-order valence-electron chi connectivity index (χ4n) is 2.16. The summed E-state index contributed by atoms with van der Waals surface area (Å²) in [7, 11) is 0. The Morgan fingerprint density at radius 3 is 2.86 bits per heavy atom. The minimum Gasteiger partial charge on any atom is -0.391 e. The molecule has 0 aromatic rings. The molecule has 1 heterocycles. The van der Waals surface area contributed by atoms with Crippen LogP contribution in [0.2, 0.25) is 0 Å². The molecular weight excluding hydrogens is 242 g/mol. The van der Waals surface area contributed by atoms with E-state index in [0.29, 0.717) is 5.33 Å². The van der Waals surface area contributed by atoms with E-state index in [9.17, 15) is 5.11 Å². The molecule has 0 spiro atoms. The van der Waals surface area contributed by atoms with Crippen LogP contribution in [0, 0.1) is 5.92 Å². The van der Waals surface area contributed by atoms with Crippen molar-refractivity contribution in [1.29, 1.82) is 0 Å². The highest BCUT2D eigenvalue weighted by atomic mass is 79.9.